The van der Waals surface area contributed by atoms with Crippen LogP contribution in [0.25, 0.3) is 0 Å². The molecule has 15 heavy (non-hydrogen) atoms. The zero-order valence-corrected chi connectivity index (χ0v) is 8.74. The van der Waals surface area contributed by atoms with E-state index >= 15 is 0 Å². The van der Waals surface area contributed by atoms with Crippen LogP contribution >= 0.6 is 0 Å². The van der Waals surface area contributed by atoms with Gasteiger partial charge in [-0.05, 0) is 0 Å². The lowest BCUT2D eigenvalue weighted by Crippen LogP contribution is -2.41. The Kier molecular flexibility index (Phi) is 5.19. The van der Waals surface area contributed by atoms with Crippen LogP contribution in [0.15, 0.2) is 0 Å². The lowest BCUT2D eigenvalue weighted by molar-refractivity contribution is -0.121. The van der Waals surface area contributed by atoms with Crippen molar-refractivity contribution in [1.82, 2.24) is 4.90 Å². The predicted octanol–water partition coefficient (Wildman–Crippen LogP) is -2.85. The summed E-state index contributed by atoms with van der Waals surface area (Å²) in [4.78, 5) is 22.2. The summed E-state index contributed by atoms with van der Waals surface area (Å²) in [5.74, 6) is -2.02. The lowest BCUT2D eigenvalue weighted by Gasteiger charge is -2.17. The molecule has 0 aromatic carbocycles. The van der Waals surface area contributed by atoms with Crippen molar-refractivity contribution in [2.45, 2.75) is 0 Å². The van der Waals surface area contributed by atoms with Gasteiger partial charge in [0.25, 0.3) is 10.1 Å². The number of hydrogen-bond acceptors (Lipinski definition) is 5. The molecule has 0 radical (unpaired) electrons. The van der Waals surface area contributed by atoms with Crippen molar-refractivity contribution < 1.29 is 22.6 Å². The molecular weight excluding hydrogens is 226 g/mol. The van der Waals surface area contributed by atoms with Gasteiger partial charge >= 0.3 is 0 Å². The average Bonchev–Trinajstić information content (AvgIpc) is 1.96. The quantitative estimate of drug-likeness (QED) is 0.408. The molecule has 0 spiro atoms. The Balaban J connectivity index is 4.24. The number of hydrogen-bond donors (Lipinski definition) is 3. The maximum atomic E-state index is 10.5. The van der Waals surface area contributed by atoms with Gasteiger partial charge in [-0.25, -0.2) is 0 Å². The van der Waals surface area contributed by atoms with Crippen molar-refractivity contribution in [1.29, 1.82) is 0 Å². The minimum atomic E-state index is -4.14. The van der Waals surface area contributed by atoms with Gasteiger partial charge < -0.3 is 11.5 Å². The first-order chi connectivity index (χ1) is 6.70. The Morgan fingerprint density at radius 2 is 1.53 bits per heavy atom. The van der Waals surface area contributed by atoms with Crippen molar-refractivity contribution >= 4 is 21.9 Å². The zero-order chi connectivity index (χ0) is 12.1. The van der Waals surface area contributed by atoms with Crippen LogP contribution in [0.3, 0.4) is 0 Å². The third-order valence-electron chi connectivity index (χ3n) is 1.42. The summed E-state index contributed by atoms with van der Waals surface area (Å²) in [5, 5.41) is 0. The molecule has 2 amide bonds. The van der Waals surface area contributed by atoms with E-state index in [4.69, 9.17) is 16.0 Å². The second-order valence-electron chi connectivity index (χ2n) is 2.93. The van der Waals surface area contributed by atoms with E-state index < -0.39 is 27.7 Å². The third-order valence-corrected chi connectivity index (χ3v) is 2.12. The van der Waals surface area contributed by atoms with Crippen LogP contribution in [-0.2, 0) is 19.7 Å². The number of amides is 2. The highest BCUT2D eigenvalue weighted by Gasteiger charge is 2.14. The first-order valence-electron chi connectivity index (χ1n) is 3.95. The normalized spacial score (nSPS) is 11.6. The van der Waals surface area contributed by atoms with Gasteiger partial charge in [0.1, 0.15) is 0 Å². The summed E-state index contributed by atoms with van der Waals surface area (Å²) in [7, 11) is -4.14. The van der Waals surface area contributed by atoms with Crippen molar-refractivity contribution in [2.24, 2.45) is 11.5 Å². The zero-order valence-electron chi connectivity index (χ0n) is 7.92. The molecule has 0 aliphatic heterocycles. The van der Waals surface area contributed by atoms with Crippen LogP contribution in [0.2, 0.25) is 0 Å². The smallest absolute Gasteiger partial charge is 0.266 e. The molecule has 8 nitrogen and oxygen atoms in total. The molecule has 0 rings (SSSR count). The fourth-order valence-electron chi connectivity index (χ4n) is 0.899. The fraction of sp³-hybridized carbons (Fsp3) is 0.667. The fourth-order valence-corrected chi connectivity index (χ4v) is 1.39. The molecule has 0 bridgehead atoms. The second-order valence-corrected chi connectivity index (χ2v) is 4.50. The van der Waals surface area contributed by atoms with Gasteiger partial charge in [0.2, 0.25) is 11.8 Å². The molecule has 9 heteroatoms. The van der Waals surface area contributed by atoms with Crippen LogP contribution in [0.1, 0.15) is 0 Å². The van der Waals surface area contributed by atoms with Gasteiger partial charge in [-0.3, -0.25) is 19.0 Å². The first kappa shape index (κ1) is 13.8. The number of rotatable bonds is 7. The molecule has 0 saturated heterocycles. The molecule has 0 aromatic heterocycles. The number of primary amides is 2. The van der Waals surface area contributed by atoms with Crippen molar-refractivity contribution in [3.05, 3.63) is 0 Å². The second kappa shape index (κ2) is 5.63. The van der Waals surface area contributed by atoms with Crippen LogP contribution < -0.4 is 11.5 Å². The van der Waals surface area contributed by atoms with Gasteiger partial charge in [-0.1, -0.05) is 0 Å². The highest BCUT2D eigenvalue weighted by atomic mass is 32.2. The number of carbonyl (C=O) groups is 2. The molecule has 0 aromatic rings. The van der Waals surface area contributed by atoms with Crippen LogP contribution in [-0.4, -0.2) is 55.1 Å². The minimum Gasteiger partial charge on any atom is -0.369 e. The van der Waals surface area contributed by atoms with E-state index in [2.05, 4.69) is 0 Å². The van der Waals surface area contributed by atoms with Gasteiger partial charge in [0, 0.05) is 6.54 Å². The summed E-state index contributed by atoms with van der Waals surface area (Å²) in [5.41, 5.74) is 9.73. The van der Waals surface area contributed by atoms with Crippen molar-refractivity contribution in [3.63, 3.8) is 0 Å². The number of carbonyl (C=O) groups excluding carboxylic acids is 2. The lowest BCUT2D eigenvalue weighted by atomic mass is 10.4. The van der Waals surface area contributed by atoms with Gasteiger partial charge in [0.15, 0.2) is 0 Å². The Morgan fingerprint density at radius 3 is 1.80 bits per heavy atom. The molecule has 0 heterocycles. The Labute approximate surface area is 87.0 Å². The third kappa shape index (κ3) is 9.12. The van der Waals surface area contributed by atoms with Crippen LogP contribution in [0.4, 0.5) is 0 Å². The van der Waals surface area contributed by atoms with E-state index in [0.717, 1.165) is 4.90 Å². The molecule has 0 aliphatic rings. The molecule has 5 N–H and O–H groups in total. The molecule has 0 atom stereocenters. The molecule has 0 unspecified atom stereocenters. The van der Waals surface area contributed by atoms with Gasteiger partial charge in [-0.15, -0.1) is 0 Å². The van der Waals surface area contributed by atoms with Crippen LogP contribution in [0.5, 0.6) is 0 Å². The predicted molar refractivity (Wildman–Crippen MR) is 51.2 cm³/mol. The molecule has 0 saturated carbocycles. The highest BCUT2D eigenvalue weighted by molar-refractivity contribution is 7.85. The standard InChI is InChI=1S/C6H13N3O5S/c7-5(10)3-9(4-6(8)11)1-2-15(12,13)14/h1-4H2,(H2,7,10)(H2,8,11)(H,12,13,14). The van der Waals surface area contributed by atoms with Crippen molar-refractivity contribution in [2.75, 3.05) is 25.4 Å². The average molecular weight is 239 g/mol. The molecule has 88 valence electrons. The Hall–Kier alpha value is -1.19. The summed E-state index contributed by atoms with van der Waals surface area (Å²) in [6.07, 6.45) is 0. The van der Waals surface area contributed by atoms with E-state index in [-0.39, 0.29) is 19.6 Å². The maximum absolute atomic E-state index is 10.5. The number of nitrogens with zero attached hydrogens (tertiary/aromatic N) is 1. The topological polar surface area (TPSA) is 144 Å². The van der Waals surface area contributed by atoms with E-state index in [0.29, 0.717) is 0 Å². The Bertz CT molecular complexity index is 323. The maximum Gasteiger partial charge on any atom is 0.266 e. The van der Waals surface area contributed by atoms with E-state index in [1.165, 1.54) is 0 Å². The summed E-state index contributed by atoms with van der Waals surface area (Å²) < 4.78 is 29.3. The summed E-state index contributed by atoms with van der Waals surface area (Å²) in [6, 6.07) is 0. The first-order valence-corrected chi connectivity index (χ1v) is 5.56. The summed E-state index contributed by atoms with van der Waals surface area (Å²) in [6.45, 7) is -0.776. The molecule has 0 fully saturated rings. The van der Waals surface area contributed by atoms with Crippen molar-refractivity contribution in [3.8, 4) is 0 Å². The largest absolute Gasteiger partial charge is 0.369 e. The minimum absolute atomic E-state index is 0.190. The SMILES string of the molecule is NC(=O)CN(CCS(=O)(=O)O)CC(N)=O. The Morgan fingerprint density at radius 1 is 1.13 bits per heavy atom. The molecular formula is C6H13N3O5S. The van der Waals surface area contributed by atoms with Crippen LogP contribution in [0, 0.1) is 0 Å². The highest BCUT2D eigenvalue weighted by Crippen LogP contribution is 1.90. The monoisotopic (exact) mass is 239 g/mol. The molecule has 0 aliphatic carbocycles. The number of nitrogens with two attached hydrogens (primary N) is 2. The van der Waals surface area contributed by atoms with E-state index in [1.54, 1.807) is 0 Å². The van der Waals surface area contributed by atoms with Gasteiger partial charge in [0.05, 0.1) is 18.8 Å². The summed E-state index contributed by atoms with van der Waals surface area (Å²) >= 11 is 0. The van der Waals surface area contributed by atoms with E-state index in [1.807, 2.05) is 0 Å². The van der Waals surface area contributed by atoms with Gasteiger partial charge in [-0.2, -0.15) is 8.42 Å². The van der Waals surface area contributed by atoms with E-state index in [9.17, 15) is 18.0 Å².